The third-order valence-electron chi connectivity index (χ3n) is 5.49. The van der Waals surface area contributed by atoms with Gasteiger partial charge in [0.2, 0.25) is 0 Å². The molecule has 0 bridgehead atoms. The third-order valence-corrected chi connectivity index (χ3v) is 5.49. The number of aryl methyl sites for hydroxylation is 2. The number of hydrogen-bond donors (Lipinski definition) is 1. The summed E-state index contributed by atoms with van der Waals surface area (Å²) in [6.07, 6.45) is 5.41. The van der Waals surface area contributed by atoms with Crippen LogP contribution in [0.5, 0.6) is 0 Å². The number of Topliss-reactive ketones (excluding diaryl/α,β-unsaturated/α-hetero) is 1. The largest absolute Gasteiger partial charge is 0.503 e. The average Bonchev–Trinajstić information content (AvgIpc) is 2.83. The van der Waals surface area contributed by atoms with E-state index < -0.39 is 5.91 Å². The van der Waals surface area contributed by atoms with E-state index in [1.807, 2.05) is 32.0 Å². The summed E-state index contributed by atoms with van der Waals surface area (Å²) in [6.45, 7) is 5.48. The lowest BCUT2D eigenvalue weighted by atomic mass is 9.80. The fourth-order valence-corrected chi connectivity index (χ4v) is 4.05. The first kappa shape index (κ1) is 16.7. The maximum atomic E-state index is 12.7. The Hall–Kier alpha value is -2.10. The van der Waals surface area contributed by atoms with Gasteiger partial charge in [-0.3, -0.25) is 14.5 Å². The van der Waals surface area contributed by atoms with Crippen LogP contribution in [-0.2, 0) is 9.59 Å². The molecule has 1 aromatic carbocycles. The van der Waals surface area contributed by atoms with Crippen LogP contribution in [0.4, 0.5) is 5.69 Å². The molecule has 1 amide bonds. The summed E-state index contributed by atoms with van der Waals surface area (Å²) in [5, 5.41) is 10.4. The van der Waals surface area contributed by atoms with E-state index in [9.17, 15) is 14.7 Å². The van der Waals surface area contributed by atoms with Gasteiger partial charge in [0.15, 0.2) is 11.5 Å². The number of carbonyl (C=O) groups is 2. The van der Waals surface area contributed by atoms with E-state index in [0.29, 0.717) is 5.57 Å². The van der Waals surface area contributed by atoms with Gasteiger partial charge in [-0.2, -0.15) is 0 Å². The van der Waals surface area contributed by atoms with Crippen LogP contribution in [0, 0.1) is 19.8 Å². The van der Waals surface area contributed by atoms with Crippen LogP contribution in [0.2, 0.25) is 0 Å². The Kier molecular flexibility index (Phi) is 4.48. The van der Waals surface area contributed by atoms with Gasteiger partial charge in [-0.1, -0.05) is 25.3 Å². The highest BCUT2D eigenvalue weighted by Gasteiger charge is 2.46. The summed E-state index contributed by atoms with van der Waals surface area (Å²) < 4.78 is 0. The quantitative estimate of drug-likeness (QED) is 0.913. The van der Waals surface area contributed by atoms with E-state index in [1.165, 1.54) is 13.3 Å². The number of nitrogens with zero attached hydrogens (tertiary/aromatic N) is 1. The van der Waals surface area contributed by atoms with Crippen LogP contribution in [0.1, 0.15) is 50.2 Å². The zero-order valence-electron chi connectivity index (χ0n) is 14.6. The van der Waals surface area contributed by atoms with Gasteiger partial charge in [-0.15, -0.1) is 0 Å². The molecule has 2 aliphatic rings. The summed E-state index contributed by atoms with van der Waals surface area (Å²) >= 11 is 0. The molecule has 1 unspecified atom stereocenters. The zero-order valence-corrected chi connectivity index (χ0v) is 14.6. The second kappa shape index (κ2) is 6.42. The van der Waals surface area contributed by atoms with Gasteiger partial charge in [0.1, 0.15) is 0 Å². The molecular formula is C20H25NO3. The van der Waals surface area contributed by atoms with Gasteiger partial charge < -0.3 is 5.11 Å². The summed E-state index contributed by atoms with van der Waals surface area (Å²) in [5.74, 6) is -0.786. The molecule has 4 nitrogen and oxygen atoms in total. The number of benzene rings is 1. The molecule has 0 radical (unpaired) electrons. The number of anilines is 1. The number of hydrogen-bond acceptors (Lipinski definition) is 3. The molecule has 3 rings (SSSR count). The van der Waals surface area contributed by atoms with E-state index >= 15 is 0 Å². The normalized spacial score (nSPS) is 22.4. The molecule has 1 saturated carbocycles. The highest BCUT2D eigenvalue weighted by Crippen LogP contribution is 2.40. The molecule has 1 heterocycles. The van der Waals surface area contributed by atoms with Crippen molar-refractivity contribution in [2.75, 3.05) is 4.90 Å². The highest BCUT2D eigenvalue weighted by molar-refractivity contribution is 6.16. The molecule has 1 aliphatic carbocycles. The first-order valence-electron chi connectivity index (χ1n) is 8.76. The standard InChI is InChI=1S/C20H25NO3/c1-12-9-10-16(11-13(12)2)21-18(15-7-5-4-6-8-15)17(14(3)22)19(23)20(21)24/h9-11,15,18,23H,4-8H2,1-3H3. The average molecular weight is 327 g/mol. The molecule has 0 saturated heterocycles. The van der Waals surface area contributed by atoms with E-state index in [-0.39, 0.29) is 23.5 Å². The lowest BCUT2D eigenvalue weighted by Gasteiger charge is -2.35. The molecular weight excluding hydrogens is 302 g/mol. The molecule has 1 fully saturated rings. The predicted molar refractivity (Wildman–Crippen MR) is 94.1 cm³/mol. The fraction of sp³-hybridized carbons (Fsp3) is 0.500. The SMILES string of the molecule is CC(=O)C1=C(O)C(=O)N(c2ccc(C)c(C)c2)C1C1CCCCC1. The fourth-order valence-electron chi connectivity index (χ4n) is 4.05. The summed E-state index contributed by atoms with van der Waals surface area (Å²) in [6, 6.07) is 5.53. The first-order chi connectivity index (χ1) is 11.4. The predicted octanol–water partition coefficient (Wildman–Crippen LogP) is 4.00. The number of aliphatic hydroxyl groups is 1. The molecule has 4 heteroatoms. The van der Waals surface area contributed by atoms with E-state index in [0.717, 1.165) is 42.5 Å². The maximum Gasteiger partial charge on any atom is 0.294 e. The number of rotatable bonds is 3. The number of carbonyl (C=O) groups excluding carboxylic acids is 2. The van der Waals surface area contributed by atoms with Crippen LogP contribution < -0.4 is 4.90 Å². The minimum Gasteiger partial charge on any atom is -0.503 e. The Morgan fingerprint density at radius 1 is 1.12 bits per heavy atom. The van der Waals surface area contributed by atoms with E-state index in [4.69, 9.17) is 0 Å². The second-order valence-electron chi connectivity index (χ2n) is 7.11. The Morgan fingerprint density at radius 2 is 1.79 bits per heavy atom. The minimum atomic E-state index is -0.445. The van der Waals surface area contributed by atoms with Crippen LogP contribution in [0.3, 0.4) is 0 Å². The number of aliphatic hydroxyl groups excluding tert-OH is 1. The van der Waals surface area contributed by atoms with Crippen molar-refractivity contribution < 1.29 is 14.7 Å². The molecule has 0 spiro atoms. The van der Waals surface area contributed by atoms with Crippen LogP contribution in [-0.4, -0.2) is 22.8 Å². The minimum absolute atomic E-state index is 0.206. The Labute approximate surface area is 143 Å². The molecule has 0 aromatic heterocycles. The summed E-state index contributed by atoms with van der Waals surface area (Å²) in [7, 11) is 0. The van der Waals surface area contributed by atoms with Crippen LogP contribution >= 0.6 is 0 Å². The van der Waals surface area contributed by atoms with Gasteiger partial charge >= 0.3 is 0 Å². The lowest BCUT2D eigenvalue weighted by molar-refractivity contribution is -0.117. The highest BCUT2D eigenvalue weighted by atomic mass is 16.3. The number of amides is 1. The lowest BCUT2D eigenvalue weighted by Crippen LogP contribution is -2.42. The number of ketones is 1. The van der Waals surface area contributed by atoms with Gasteiger partial charge in [0, 0.05) is 5.69 Å². The zero-order chi connectivity index (χ0) is 17.4. The Balaban J connectivity index is 2.07. The summed E-state index contributed by atoms with van der Waals surface area (Å²) in [5.41, 5.74) is 3.31. The molecule has 1 N–H and O–H groups in total. The maximum absolute atomic E-state index is 12.7. The Morgan fingerprint density at radius 3 is 2.38 bits per heavy atom. The van der Waals surface area contributed by atoms with Crippen LogP contribution in [0.15, 0.2) is 29.5 Å². The van der Waals surface area contributed by atoms with E-state index in [2.05, 4.69) is 0 Å². The van der Waals surface area contributed by atoms with E-state index in [1.54, 1.807) is 4.90 Å². The van der Waals surface area contributed by atoms with Crippen molar-refractivity contribution in [3.05, 3.63) is 40.7 Å². The molecule has 128 valence electrons. The topological polar surface area (TPSA) is 57.6 Å². The molecule has 24 heavy (non-hydrogen) atoms. The van der Waals surface area contributed by atoms with Crippen molar-refractivity contribution in [2.24, 2.45) is 5.92 Å². The monoisotopic (exact) mass is 327 g/mol. The molecule has 1 atom stereocenters. The van der Waals surface area contributed by atoms with Crippen molar-refractivity contribution >= 4 is 17.4 Å². The smallest absolute Gasteiger partial charge is 0.294 e. The van der Waals surface area contributed by atoms with Gasteiger partial charge in [-0.05, 0) is 62.8 Å². The third kappa shape index (κ3) is 2.74. The van der Waals surface area contributed by atoms with Crippen molar-refractivity contribution in [2.45, 2.75) is 58.9 Å². The Bertz CT molecular complexity index is 714. The second-order valence-corrected chi connectivity index (χ2v) is 7.11. The molecule has 1 aliphatic heterocycles. The van der Waals surface area contributed by atoms with Gasteiger partial charge in [0.05, 0.1) is 11.6 Å². The van der Waals surface area contributed by atoms with Crippen molar-refractivity contribution in [1.29, 1.82) is 0 Å². The van der Waals surface area contributed by atoms with Gasteiger partial charge in [0.25, 0.3) is 5.91 Å². The van der Waals surface area contributed by atoms with Crippen molar-refractivity contribution in [3.8, 4) is 0 Å². The van der Waals surface area contributed by atoms with Gasteiger partial charge in [-0.25, -0.2) is 0 Å². The first-order valence-corrected chi connectivity index (χ1v) is 8.76. The van der Waals surface area contributed by atoms with Crippen molar-refractivity contribution in [3.63, 3.8) is 0 Å². The van der Waals surface area contributed by atoms with Crippen LogP contribution in [0.25, 0.3) is 0 Å². The van der Waals surface area contributed by atoms with Crippen molar-refractivity contribution in [1.82, 2.24) is 0 Å². The molecule has 1 aromatic rings. The summed E-state index contributed by atoms with van der Waals surface area (Å²) in [4.78, 5) is 26.5.